The third-order valence-electron chi connectivity index (χ3n) is 12.4. The minimum Gasteiger partial charge on any atom is -0.377 e. The fourth-order valence-corrected chi connectivity index (χ4v) is 10.2. The van der Waals surface area contributed by atoms with Gasteiger partial charge >= 0.3 is 0 Å². The number of hydrogen-bond acceptors (Lipinski definition) is 14. The van der Waals surface area contributed by atoms with E-state index in [1.54, 1.807) is 34.0 Å². The van der Waals surface area contributed by atoms with Crippen molar-refractivity contribution in [1.82, 2.24) is 30.3 Å². The Morgan fingerprint density at radius 3 is 2.27 bits per heavy atom. The highest BCUT2D eigenvalue weighted by Gasteiger charge is 2.33. The van der Waals surface area contributed by atoms with Crippen molar-refractivity contribution in [2.75, 3.05) is 58.1 Å². The minimum atomic E-state index is -0.572. The van der Waals surface area contributed by atoms with E-state index in [0.717, 1.165) is 74.8 Å². The number of amidine groups is 2. The van der Waals surface area contributed by atoms with Crippen molar-refractivity contribution in [3.8, 4) is 22.3 Å². The fourth-order valence-electron chi connectivity index (χ4n) is 8.08. The van der Waals surface area contributed by atoms with Gasteiger partial charge in [-0.25, -0.2) is 4.98 Å². The van der Waals surface area contributed by atoms with Crippen LogP contribution in [0.1, 0.15) is 98.8 Å². The van der Waals surface area contributed by atoms with Gasteiger partial charge in [0, 0.05) is 22.3 Å². The molecule has 0 spiro atoms. The smallest absolute Gasteiger partial charge is 0.246 e. The van der Waals surface area contributed by atoms with Crippen LogP contribution in [-0.4, -0.2) is 127 Å². The van der Waals surface area contributed by atoms with E-state index in [9.17, 15) is 14.4 Å². The maximum Gasteiger partial charge on any atom is 0.246 e. The van der Waals surface area contributed by atoms with Crippen LogP contribution in [-0.2, 0) is 35.1 Å². The highest BCUT2D eigenvalue weighted by atomic mass is 35.5. The van der Waals surface area contributed by atoms with Crippen molar-refractivity contribution < 1.29 is 28.6 Å². The second kappa shape index (κ2) is 26.3. The van der Waals surface area contributed by atoms with Crippen LogP contribution < -0.4 is 15.5 Å². The van der Waals surface area contributed by atoms with E-state index in [1.807, 2.05) is 91.5 Å². The van der Waals surface area contributed by atoms with Gasteiger partial charge in [-0.05, 0) is 95.3 Å². The second-order valence-corrected chi connectivity index (χ2v) is 21.3. The Bertz CT molecular complexity index is 2800. The minimum absolute atomic E-state index is 0.0214. The number of benzene rings is 2. The quantitative estimate of drug-likeness (QED) is 0.0217. The lowest BCUT2D eigenvalue weighted by molar-refractivity contribution is -0.130. The van der Waals surface area contributed by atoms with Gasteiger partial charge in [-0.3, -0.25) is 39.9 Å². The zero-order valence-corrected chi connectivity index (χ0v) is 45.5. The molecule has 73 heavy (non-hydrogen) atoms. The Morgan fingerprint density at radius 2 is 1.66 bits per heavy atom. The first-order valence-electron chi connectivity index (χ1n) is 24.3. The van der Waals surface area contributed by atoms with Gasteiger partial charge in [0.05, 0.1) is 96.1 Å². The number of thiazole rings is 1. The summed E-state index contributed by atoms with van der Waals surface area (Å²) in [5.41, 5.74) is 9.06. The van der Waals surface area contributed by atoms with E-state index in [2.05, 4.69) is 61.7 Å². The molecule has 2 amide bonds. The number of nitrogens with one attached hydrogen (secondary N) is 4. The molecule has 5 aromatic rings. The molecule has 2 aromatic carbocycles. The zero-order valence-electron chi connectivity index (χ0n) is 43.1. The molecule has 3 aromatic heterocycles. The molecule has 388 valence electrons. The topological polar surface area (TPSA) is 200 Å². The van der Waals surface area contributed by atoms with Gasteiger partial charge in [-0.15, -0.1) is 22.7 Å². The summed E-state index contributed by atoms with van der Waals surface area (Å²) in [7, 11) is 2.02. The fraction of sp³-hybridized carbons (Fsp3) is 0.444. The van der Waals surface area contributed by atoms with Crippen LogP contribution in [0.15, 0.2) is 71.4 Å². The van der Waals surface area contributed by atoms with Gasteiger partial charge in [-0.2, -0.15) is 5.10 Å². The number of aromatic nitrogens is 3. The molecule has 0 bridgehead atoms. The van der Waals surface area contributed by atoms with Crippen LogP contribution in [0, 0.1) is 41.9 Å². The Kier molecular flexibility index (Phi) is 20.4. The Morgan fingerprint density at radius 1 is 0.986 bits per heavy atom. The number of carbonyl (C=O) groups excluding carboxylic acids is 3. The molecule has 0 saturated carbocycles. The average Bonchev–Trinajstić information content (AvgIpc) is 4.16. The monoisotopic (exact) mass is 1050 g/mol. The second-order valence-electron chi connectivity index (χ2n) is 19.0. The molecular weight excluding hydrogens is 984 g/mol. The van der Waals surface area contributed by atoms with Crippen molar-refractivity contribution in [2.45, 2.75) is 98.9 Å². The summed E-state index contributed by atoms with van der Waals surface area (Å²) in [5.74, 6) is 6.77. The predicted molar refractivity (Wildman–Crippen MR) is 292 cm³/mol. The molecule has 4 N–H and O–H groups in total. The molecular formula is C54H67ClN10O6S2. The van der Waals surface area contributed by atoms with Gasteiger partial charge in [0.1, 0.15) is 35.6 Å². The third-order valence-corrected chi connectivity index (χ3v) is 14.8. The number of likely N-dealkylation sites (N-methyl/N-ethyl adjacent to an activating group) is 1. The summed E-state index contributed by atoms with van der Waals surface area (Å²) < 4.78 is 18.3. The number of nitrogens with zero attached hydrogens (tertiary/aromatic N) is 6. The highest BCUT2D eigenvalue weighted by molar-refractivity contribution is 7.17. The first-order valence-corrected chi connectivity index (χ1v) is 26.4. The van der Waals surface area contributed by atoms with Crippen LogP contribution >= 0.6 is 34.3 Å². The van der Waals surface area contributed by atoms with Gasteiger partial charge < -0.3 is 29.6 Å². The average molecular weight is 1050 g/mol. The molecule has 5 heterocycles. The molecule has 16 nitrogen and oxygen atoms in total. The highest BCUT2D eigenvalue weighted by Crippen LogP contribution is 2.40. The first kappa shape index (κ1) is 56.4. The Hall–Kier alpha value is -5.91. The summed E-state index contributed by atoms with van der Waals surface area (Å²) in [5, 5.41) is 28.9. The number of thiophene rings is 1. The molecule has 1 saturated heterocycles. The van der Waals surface area contributed by atoms with Crippen LogP contribution in [0.2, 0.25) is 5.02 Å². The lowest BCUT2D eigenvalue weighted by Gasteiger charge is -2.26. The molecule has 7 rings (SSSR count). The number of hydrogen-bond donors (Lipinski definition) is 4. The number of halogens is 1. The normalized spacial score (nSPS) is 16.5. The molecule has 2 aliphatic heterocycles. The molecule has 1 fully saturated rings. The first-order chi connectivity index (χ1) is 34.9. The maximum atomic E-state index is 12.4. The van der Waals surface area contributed by atoms with Crippen molar-refractivity contribution in [2.24, 2.45) is 10.4 Å². The van der Waals surface area contributed by atoms with Crippen LogP contribution in [0.3, 0.4) is 0 Å². The Balaban J connectivity index is 0.000000312. The van der Waals surface area contributed by atoms with Gasteiger partial charge in [0.15, 0.2) is 0 Å². The molecule has 2 aliphatic rings. The summed E-state index contributed by atoms with van der Waals surface area (Å²) in [6, 6.07) is 14.9. The number of aliphatic imine (C=N–C) groups is 1. The van der Waals surface area contributed by atoms with Crippen molar-refractivity contribution in [3.05, 3.63) is 110 Å². The summed E-state index contributed by atoms with van der Waals surface area (Å²) in [4.78, 5) is 50.6. The molecule has 0 radical (unpaired) electrons. The van der Waals surface area contributed by atoms with Gasteiger partial charge in [-0.1, -0.05) is 80.6 Å². The molecule has 0 aliphatic carbocycles. The summed E-state index contributed by atoms with van der Waals surface area (Å²) in [6.45, 7) is 18.4. The van der Waals surface area contributed by atoms with Crippen LogP contribution in [0.4, 0.5) is 5.00 Å². The molecule has 19 heteroatoms. The van der Waals surface area contributed by atoms with E-state index in [4.69, 9.17) is 41.6 Å². The predicted octanol–water partition coefficient (Wildman–Crippen LogP) is 8.50. The largest absolute Gasteiger partial charge is 0.377 e. The lowest BCUT2D eigenvalue weighted by Crippen LogP contribution is -2.46. The van der Waals surface area contributed by atoms with E-state index in [0.29, 0.717) is 38.0 Å². The lowest BCUT2D eigenvalue weighted by atomic mass is 9.88. The summed E-state index contributed by atoms with van der Waals surface area (Å²) >= 11 is 9.27. The van der Waals surface area contributed by atoms with Gasteiger partial charge in [0.25, 0.3) is 0 Å². The number of amides is 2. The van der Waals surface area contributed by atoms with Crippen molar-refractivity contribution in [1.29, 1.82) is 10.8 Å². The van der Waals surface area contributed by atoms with E-state index >= 15 is 0 Å². The van der Waals surface area contributed by atoms with E-state index in [-0.39, 0.29) is 54.2 Å². The Labute approximate surface area is 441 Å². The molecule has 4 atom stereocenters. The number of likely N-dealkylation sites (tertiary alicyclic amines) is 1. The van der Waals surface area contributed by atoms with E-state index < -0.39 is 12.1 Å². The number of aryl methyl sites for hydroxylation is 1. The zero-order chi connectivity index (χ0) is 52.8. The number of fused-ring (bicyclic) bond motifs is 1. The third kappa shape index (κ3) is 15.3. The number of aldehydes is 1. The van der Waals surface area contributed by atoms with Crippen molar-refractivity contribution >= 4 is 74.8 Å². The SMILES string of the molecule is CC(=N)N1C(=N)[C@H](C)N=C(c2ccc(Cl)cc2)c2c1sc(C#Cc1cnn(CCOCCOCCOCC(=O)NC(C=O)C(C)(C)C)c1)c2C.Cc1ncsc1-c1ccc(C(C)NC(=O)C2CCCN2C)cc1. The van der Waals surface area contributed by atoms with E-state index in [1.165, 1.54) is 21.8 Å². The number of carbonyl (C=O) groups is 3. The molecule has 3 unspecified atom stereocenters. The number of ether oxygens (including phenoxy) is 3. The van der Waals surface area contributed by atoms with Crippen LogP contribution in [0.5, 0.6) is 0 Å². The van der Waals surface area contributed by atoms with Gasteiger partial charge in [0.2, 0.25) is 11.8 Å². The number of rotatable bonds is 18. The van der Waals surface area contributed by atoms with Crippen LogP contribution in [0.25, 0.3) is 10.4 Å². The number of anilines is 1. The van der Waals surface area contributed by atoms with Crippen molar-refractivity contribution in [3.63, 3.8) is 0 Å². The maximum absolute atomic E-state index is 12.4. The summed E-state index contributed by atoms with van der Waals surface area (Å²) in [6.07, 6.45) is 6.36. The standard InChI is InChI=1S/C36H44ClN7O5S.C18H23N3OS/c1-23-29(50-35-32(23)33(27-8-10-28(37)11-9-27)41-24(2)34(39)44(35)25(3)38)12-7-26-19-40-43(20-26)13-14-47-15-16-48-17-18-49-22-31(46)42-30(21-45)36(4,5)6;1-12(20-18(22)16-5-4-10-21(16)3)14-6-8-15(9-7-14)17-13(2)19-11-23-17/h8-11,19-21,24,30,38-39H,13-18,22H2,1-6H3,(H,42,46);6-9,11-12,16H,4-5,10H2,1-3H3,(H,20,22)/t24-,30?;/m0./s1.